The first-order valence-electron chi connectivity index (χ1n) is 5.62. The summed E-state index contributed by atoms with van der Waals surface area (Å²) < 4.78 is 13.2. The van der Waals surface area contributed by atoms with E-state index in [0.29, 0.717) is 12.1 Å². The third kappa shape index (κ3) is 3.16. The van der Waals surface area contributed by atoms with Crippen LogP contribution in [0.5, 0.6) is 0 Å². The molecule has 1 aromatic heterocycles. The van der Waals surface area contributed by atoms with Crippen LogP contribution in [-0.2, 0) is 13.1 Å². The van der Waals surface area contributed by atoms with Crippen molar-refractivity contribution in [3.05, 3.63) is 57.0 Å². The quantitative estimate of drug-likeness (QED) is 0.915. The number of halogens is 1. The van der Waals surface area contributed by atoms with Crippen LogP contribution in [0.3, 0.4) is 0 Å². The third-order valence-electron chi connectivity index (χ3n) is 2.67. The molecule has 92 valence electrons. The second-order valence-corrected chi connectivity index (χ2v) is 5.09. The Hall–Kier alpha value is -1.70. The van der Waals surface area contributed by atoms with Crippen molar-refractivity contribution < 1.29 is 4.39 Å². The molecule has 0 radical (unpaired) electrons. The number of aryl methyl sites for hydroxylation is 1. The highest BCUT2D eigenvalue weighted by molar-refractivity contribution is 7.10. The lowest BCUT2D eigenvalue weighted by atomic mass is 10.1. The van der Waals surface area contributed by atoms with Gasteiger partial charge in [-0.25, -0.2) is 4.39 Å². The van der Waals surface area contributed by atoms with E-state index in [2.05, 4.69) is 23.7 Å². The van der Waals surface area contributed by atoms with E-state index in [9.17, 15) is 4.39 Å². The number of thiophene rings is 1. The molecule has 0 aliphatic carbocycles. The lowest BCUT2D eigenvalue weighted by Crippen LogP contribution is -2.12. The van der Waals surface area contributed by atoms with Gasteiger partial charge in [0.25, 0.3) is 0 Å². The average Bonchev–Trinajstić information content (AvgIpc) is 2.74. The Labute approximate surface area is 110 Å². The molecular weight excluding hydrogens is 247 g/mol. The van der Waals surface area contributed by atoms with Crippen LogP contribution in [0.4, 0.5) is 4.39 Å². The van der Waals surface area contributed by atoms with Gasteiger partial charge in [-0.05, 0) is 47.7 Å². The molecule has 1 heterocycles. The topological polar surface area (TPSA) is 35.8 Å². The summed E-state index contributed by atoms with van der Waals surface area (Å²) in [6.45, 7) is 3.40. The second kappa shape index (κ2) is 5.76. The lowest BCUT2D eigenvalue weighted by molar-refractivity contribution is 0.620. The molecule has 1 aromatic carbocycles. The number of nitrogens with one attached hydrogen (secondary N) is 1. The van der Waals surface area contributed by atoms with Gasteiger partial charge in [0.1, 0.15) is 5.82 Å². The van der Waals surface area contributed by atoms with E-state index in [4.69, 9.17) is 5.26 Å². The monoisotopic (exact) mass is 260 g/mol. The number of hydrogen-bond donors (Lipinski definition) is 1. The van der Waals surface area contributed by atoms with E-state index >= 15 is 0 Å². The minimum atomic E-state index is -0.363. The maximum atomic E-state index is 13.2. The Morgan fingerprint density at radius 2 is 2.17 bits per heavy atom. The summed E-state index contributed by atoms with van der Waals surface area (Å²) in [5.74, 6) is -0.363. The van der Waals surface area contributed by atoms with Gasteiger partial charge in [0.15, 0.2) is 0 Å². The first-order chi connectivity index (χ1) is 8.69. The molecule has 0 bridgehead atoms. The molecule has 0 unspecified atom stereocenters. The third-order valence-corrected chi connectivity index (χ3v) is 3.69. The van der Waals surface area contributed by atoms with E-state index < -0.39 is 0 Å². The van der Waals surface area contributed by atoms with E-state index in [-0.39, 0.29) is 5.82 Å². The van der Waals surface area contributed by atoms with Crippen molar-refractivity contribution in [1.29, 1.82) is 5.26 Å². The first-order valence-corrected chi connectivity index (χ1v) is 6.50. The van der Waals surface area contributed by atoms with Gasteiger partial charge in [0.05, 0.1) is 11.6 Å². The van der Waals surface area contributed by atoms with Crippen molar-refractivity contribution in [2.24, 2.45) is 0 Å². The van der Waals surface area contributed by atoms with Gasteiger partial charge < -0.3 is 5.32 Å². The predicted molar refractivity (Wildman–Crippen MR) is 70.7 cm³/mol. The summed E-state index contributed by atoms with van der Waals surface area (Å²) in [5.41, 5.74) is 2.42. The smallest absolute Gasteiger partial charge is 0.124 e. The molecule has 0 atom stereocenters. The average molecular weight is 260 g/mol. The zero-order valence-electron chi connectivity index (χ0n) is 10.0. The SMILES string of the molecule is Cc1ccsc1CNCc1cc(F)cc(C#N)c1. The fourth-order valence-corrected chi connectivity index (χ4v) is 2.60. The lowest BCUT2D eigenvalue weighted by Gasteiger charge is -2.05. The largest absolute Gasteiger partial charge is 0.308 e. The van der Waals surface area contributed by atoms with Crippen LogP contribution in [0.25, 0.3) is 0 Å². The summed E-state index contributed by atoms with van der Waals surface area (Å²) in [7, 11) is 0. The minimum absolute atomic E-state index is 0.360. The highest BCUT2D eigenvalue weighted by Crippen LogP contribution is 2.15. The normalized spacial score (nSPS) is 10.3. The van der Waals surface area contributed by atoms with Crippen LogP contribution in [-0.4, -0.2) is 0 Å². The highest BCUT2D eigenvalue weighted by Gasteiger charge is 2.02. The van der Waals surface area contributed by atoms with Crippen molar-refractivity contribution in [2.75, 3.05) is 0 Å². The first kappa shape index (κ1) is 12.7. The van der Waals surface area contributed by atoms with Gasteiger partial charge in [0, 0.05) is 18.0 Å². The summed E-state index contributed by atoms with van der Waals surface area (Å²) in [5, 5.41) is 14.1. The van der Waals surface area contributed by atoms with Gasteiger partial charge in [0.2, 0.25) is 0 Å². The van der Waals surface area contributed by atoms with E-state index in [1.807, 2.05) is 6.07 Å². The molecule has 1 N–H and O–H groups in total. The Bertz CT molecular complexity index is 584. The second-order valence-electron chi connectivity index (χ2n) is 4.09. The van der Waals surface area contributed by atoms with Crippen molar-refractivity contribution in [3.8, 4) is 6.07 Å². The highest BCUT2D eigenvalue weighted by atomic mass is 32.1. The number of hydrogen-bond acceptors (Lipinski definition) is 3. The summed E-state index contributed by atoms with van der Waals surface area (Å²) in [4.78, 5) is 1.28. The number of nitrogens with zero attached hydrogens (tertiary/aromatic N) is 1. The van der Waals surface area contributed by atoms with Crippen LogP contribution in [0.2, 0.25) is 0 Å². The van der Waals surface area contributed by atoms with Crippen LogP contribution in [0.15, 0.2) is 29.6 Å². The maximum Gasteiger partial charge on any atom is 0.124 e. The summed E-state index contributed by atoms with van der Waals surface area (Å²) >= 11 is 1.71. The van der Waals surface area contributed by atoms with Crippen LogP contribution >= 0.6 is 11.3 Å². The molecule has 0 saturated heterocycles. The Balaban J connectivity index is 1.97. The van der Waals surface area contributed by atoms with E-state index in [1.165, 1.54) is 22.6 Å². The van der Waals surface area contributed by atoms with Crippen molar-refractivity contribution in [1.82, 2.24) is 5.32 Å². The van der Waals surface area contributed by atoms with Gasteiger partial charge in [-0.2, -0.15) is 5.26 Å². The van der Waals surface area contributed by atoms with Gasteiger partial charge in [-0.1, -0.05) is 0 Å². The Morgan fingerprint density at radius 1 is 1.33 bits per heavy atom. The number of nitriles is 1. The van der Waals surface area contributed by atoms with Crippen LogP contribution < -0.4 is 5.32 Å². The Morgan fingerprint density at radius 3 is 2.83 bits per heavy atom. The van der Waals surface area contributed by atoms with Gasteiger partial charge in [-0.15, -0.1) is 11.3 Å². The fraction of sp³-hybridized carbons (Fsp3) is 0.214. The molecule has 0 saturated carbocycles. The van der Waals surface area contributed by atoms with Crippen LogP contribution in [0, 0.1) is 24.1 Å². The van der Waals surface area contributed by atoms with Gasteiger partial charge in [-0.3, -0.25) is 0 Å². The zero-order chi connectivity index (χ0) is 13.0. The molecule has 0 amide bonds. The maximum absolute atomic E-state index is 13.2. The molecule has 0 aliphatic heterocycles. The van der Waals surface area contributed by atoms with Crippen LogP contribution in [0.1, 0.15) is 21.6 Å². The predicted octanol–water partition coefficient (Wildman–Crippen LogP) is 3.36. The zero-order valence-corrected chi connectivity index (χ0v) is 10.9. The molecular formula is C14H13FN2S. The minimum Gasteiger partial charge on any atom is -0.308 e. The molecule has 2 nitrogen and oxygen atoms in total. The molecule has 0 spiro atoms. The van der Waals surface area contributed by atoms with E-state index in [0.717, 1.165) is 12.1 Å². The molecule has 18 heavy (non-hydrogen) atoms. The summed E-state index contributed by atoms with van der Waals surface area (Å²) in [6, 6.07) is 8.44. The molecule has 2 rings (SSSR count). The Kier molecular flexibility index (Phi) is 4.08. The van der Waals surface area contributed by atoms with Crippen molar-refractivity contribution in [2.45, 2.75) is 20.0 Å². The van der Waals surface area contributed by atoms with E-state index in [1.54, 1.807) is 17.4 Å². The summed E-state index contributed by atoms with van der Waals surface area (Å²) in [6.07, 6.45) is 0. The molecule has 0 fully saturated rings. The van der Waals surface area contributed by atoms with Gasteiger partial charge >= 0.3 is 0 Å². The van der Waals surface area contributed by atoms with Crippen molar-refractivity contribution >= 4 is 11.3 Å². The molecule has 4 heteroatoms. The number of benzene rings is 1. The number of rotatable bonds is 4. The fourth-order valence-electron chi connectivity index (χ4n) is 1.72. The molecule has 0 aliphatic rings. The molecule has 2 aromatic rings. The standard InChI is InChI=1S/C14H13FN2S/c1-10-2-3-18-14(10)9-17-8-12-4-11(7-16)5-13(15)6-12/h2-6,17H,8-9H2,1H3. The van der Waals surface area contributed by atoms with Crippen molar-refractivity contribution in [3.63, 3.8) is 0 Å².